The van der Waals surface area contributed by atoms with Crippen LogP contribution in [0, 0.1) is 0 Å². The van der Waals surface area contributed by atoms with Crippen molar-refractivity contribution in [1.29, 1.82) is 0 Å². The Balaban J connectivity index is 2.22. The first-order valence-electron chi connectivity index (χ1n) is 7.52. The van der Waals surface area contributed by atoms with Gasteiger partial charge in [-0.25, -0.2) is 12.4 Å². The van der Waals surface area contributed by atoms with E-state index in [1.165, 1.54) is 29.4 Å². The molecule has 0 bridgehead atoms. The molecule has 0 unspecified atom stereocenters. The van der Waals surface area contributed by atoms with Crippen LogP contribution in [0.5, 0.6) is 5.75 Å². The quantitative estimate of drug-likeness (QED) is 0.665. The third kappa shape index (κ3) is 2.59. The normalized spacial score (nSPS) is 11.6. The molecule has 24 heavy (non-hydrogen) atoms. The summed E-state index contributed by atoms with van der Waals surface area (Å²) in [6.07, 6.45) is 1.73. The summed E-state index contributed by atoms with van der Waals surface area (Å²) in [7, 11) is -2.28. The van der Waals surface area contributed by atoms with Gasteiger partial charge < -0.3 is 4.74 Å². The molecule has 0 amide bonds. The minimum atomic E-state index is -3.80. The Morgan fingerprint density at radius 1 is 1.08 bits per heavy atom. The zero-order valence-electron chi connectivity index (χ0n) is 13.4. The monoisotopic (exact) mass is 343 g/mol. The molecule has 5 nitrogen and oxygen atoms in total. The fourth-order valence-electron chi connectivity index (χ4n) is 2.62. The number of carbonyl (C=O) groups is 1. The Morgan fingerprint density at radius 3 is 2.38 bits per heavy atom. The van der Waals surface area contributed by atoms with Crippen LogP contribution in [0.15, 0.2) is 59.6 Å². The number of nitrogens with zero attached hydrogens (tertiary/aromatic N) is 1. The molecular weight excluding hydrogens is 326 g/mol. The van der Waals surface area contributed by atoms with Crippen molar-refractivity contribution >= 4 is 26.7 Å². The van der Waals surface area contributed by atoms with Crippen molar-refractivity contribution in [3.8, 4) is 5.75 Å². The summed E-state index contributed by atoms with van der Waals surface area (Å²) in [6.45, 7) is 1.76. The summed E-state index contributed by atoms with van der Waals surface area (Å²) in [5.41, 5.74) is 0.912. The van der Waals surface area contributed by atoms with Gasteiger partial charge in [-0.2, -0.15) is 0 Å². The number of carbonyl (C=O) groups excluding carboxylic acids is 1. The number of fused-ring (bicyclic) bond motifs is 1. The van der Waals surface area contributed by atoms with E-state index in [0.717, 1.165) is 0 Å². The highest BCUT2D eigenvalue weighted by atomic mass is 32.2. The summed E-state index contributed by atoms with van der Waals surface area (Å²) in [5.74, 6) is 0.489. The molecule has 3 rings (SSSR count). The molecule has 0 fully saturated rings. The van der Waals surface area contributed by atoms with Crippen LogP contribution in [0.2, 0.25) is 0 Å². The molecule has 2 aromatic carbocycles. The van der Waals surface area contributed by atoms with Crippen LogP contribution in [0.4, 0.5) is 0 Å². The Hall–Kier alpha value is -2.60. The summed E-state index contributed by atoms with van der Waals surface area (Å²) >= 11 is 0. The fraction of sp³-hybridized carbons (Fsp3) is 0.167. The first-order chi connectivity index (χ1) is 11.5. The molecule has 0 atom stereocenters. The number of para-hydroxylation sites is 1. The van der Waals surface area contributed by atoms with Gasteiger partial charge in [-0.15, -0.1) is 0 Å². The topological polar surface area (TPSA) is 65.4 Å². The maximum atomic E-state index is 13.0. The number of rotatable bonds is 5. The van der Waals surface area contributed by atoms with E-state index in [-0.39, 0.29) is 10.7 Å². The van der Waals surface area contributed by atoms with E-state index in [4.69, 9.17) is 4.74 Å². The molecule has 124 valence electrons. The van der Waals surface area contributed by atoms with Crippen LogP contribution in [0.1, 0.15) is 23.7 Å². The Labute approximate surface area is 140 Å². The van der Waals surface area contributed by atoms with Crippen molar-refractivity contribution in [3.63, 3.8) is 0 Å². The molecular formula is C18H17NO4S. The average molecular weight is 343 g/mol. The third-order valence-corrected chi connectivity index (χ3v) is 5.60. The molecule has 0 aliphatic rings. The van der Waals surface area contributed by atoms with Crippen LogP contribution in [0.25, 0.3) is 10.9 Å². The molecule has 1 heterocycles. The fourth-order valence-corrected chi connectivity index (χ4v) is 3.99. The van der Waals surface area contributed by atoms with Crippen molar-refractivity contribution in [2.24, 2.45) is 0 Å². The smallest absolute Gasteiger partial charge is 0.268 e. The predicted octanol–water partition coefficient (Wildman–Crippen LogP) is 3.48. The minimum Gasteiger partial charge on any atom is -0.497 e. The van der Waals surface area contributed by atoms with Gasteiger partial charge in [-0.3, -0.25) is 4.79 Å². The lowest BCUT2D eigenvalue weighted by Crippen LogP contribution is -2.12. The van der Waals surface area contributed by atoms with Gasteiger partial charge in [0.05, 0.1) is 17.5 Å². The highest BCUT2D eigenvalue weighted by Crippen LogP contribution is 2.27. The second kappa shape index (κ2) is 6.13. The number of Topliss-reactive ketones (excluding diaryl/α,β-unsaturated/α-hetero) is 1. The first-order valence-corrected chi connectivity index (χ1v) is 8.96. The van der Waals surface area contributed by atoms with Crippen molar-refractivity contribution in [1.82, 2.24) is 3.97 Å². The minimum absolute atomic E-state index is 0.0881. The number of ketones is 1. The number of benzene rings is 2. The van der Waals surface area contributed by atoms with Gasteiger partial charge in [0.1, 0.15) is 5.75 Å². The standard InChI is InChI=1S/C18H17NO4S/c1-3-18(20)16-12-19(17-7-5-4-6-15(16)17)24(21,22)14-10-8-13(23-2)9-11-14/h4-12H,3H2,1-2H3. The van der Waals surface area contributed by atoms with Crippen LogP contribution in [0.3, 0.4) is 0 Å². The van der Waals surface area contributed by atoms with Gasteiger partial charge in [0.15, 0.2) is 5.78 Å². The van der Waals surface area contributed by atoms with E-state index in [1.54, 1.807) is 43.3 Å². The first kappa shape index (κ1) is 16.3. The SMILES string of the molecule is CCC(=O)c1cn(S(=O)(=O)c2ccc(OC)cc2)c2ccccc12. The zero-order chi connectivity index (χ0) is 17.3. The van der Waals surface area contributed by atoms with Crippen molar-refractivity contribution in [2.45, 2.75) is 18.2 Å². The summed E-state index contributed by atoms with van der Waals surface area (Å²) < 4.78 is 32.2. The van der Waals surface area contributed by atoms with Crippen LogP contribution in [-0.2, 0) is 10.0 Å². The molecule has 0 saturated heterocycles. The van der Waals surface area contributed by atoms with E-state index in [9.17, 15) is 13.2 Å². The van der Waals surface area contributed by atoms with E-state index < -0.39 is 10.0 Å². The van der Waals surface area contributed by atoms with Crippen LogP contribution in [-0.4, -0.2) is 25.3 Å². The summed E-state index contributed by atoms with van der Waals surface area (Å²) in [4.78, 5) is 12.3. The number of ether oxygens (including phenoxy) is 1. The molecule has 1 aromatic heterocycles. The maximum absolute atomic E-state index is 13.0. The molecule has 0 aliphatic carbocycles. The molecule has 0 spiro atoms. The van der Waals surface area contributed by atoms with Gasteiger partial charge in [-0.1, -0.05) is 25.1 Å². The van der Waals surface area contributed by atoms with Gasteiger partial charge in [0.2, 0.25) is 0 Å². The number of hydrogen-bond donors (Lipinski definition) is 0. The van der Waals surface area contributed by atoms with Gasteiger partial charge in [-0.05, 0) is 30.3 Å². The highest BCUT2D eigenvalue weighted by Gasteiger charge is 2.23. The Bertz CT molecular complexity index is 1000. The van der Waals surface area contributed by atoms with Gasteiger partial charge in [0.25, 0.3) is 10.0 Å². The van der Waals surface area contributed by atoms with Crippen LogP contribution < -0.4 is 4.74 Å². The van der Waals surface area contributed by atoms with Crippen LogP contribution >= 0.6 is 0 Å². The van der Waals surface area contributed by atoms with Gasteiger partial charge in [0, 0.05) is 23.6 Å². The molecule has 3 aromatic rings. The number of aromatic nitrogens is 1. The van der Waals surface area contributed by atoms with Crippen molar-refractivity contribution in [3.05, 3.63) is 60.3 Å². The summed E-state index contributed by atoms with van der Waals surface area (Å²) in [6, 6.07) is 13.2. The van der Waals surface area contributed by atoms with E-state index in [2.05, 4.69) is 0 Å². The van der Waals surface area contributed by atoms with Crippen molar-refractivity contribution in [2.75, 3.05) is 7.11 Å². The molecule has 6 heteroatoms. The number of hydrogen-bond acceptors (Lipinski definition) is 4. The lowest BCUT2D eigenvalue weighted by molar-refractivity contribution is 0.0989. The van der Waals surface area contributed by atoms with E-state index in [1.807, 2.05) is 0 Å². The zero-order valence-corrected chi connectivity index (χ0v) is 14.2. The highest BCUT2D eigenvalue weighted by molar-refractivity contribution is 7.90. The van der Waals surface area contributed by atoms with Gasteiger partial charge >= 0.3 is 0 Å². The Morgan fingerprint density at radius 2 is 1.75 bits per heavy atom. The second-order valence-corrected chi connectivity index (χ2v) is 7.13. The molecule has 0 radical (unpaired) electrons. The predicted molar refractivity (Wildman–Crippen MR) is 92.1 cm³/mol. The maximum Gasteiger partial charge on any atom is 0.268 e. The molecule has 0 N–H and O–H groups in total. The van der Waals surface area contributed by atoms with Crippen molar-refractivity contribution < 1.29 is 17.9 Å². The largest absolute Gasteiger partial charge is 0.497 e. The lowest BCUT2D eigenvalue weighted by atomic mass is 10.1. The lowest BCUT2D eigenvalue weighted by Gasteiger charge is -2.08. The van der Waals surface area contributed by atoms with E-state index in [0.29, 0.717) is 28.6 Å². The number of methoxy groups -OCH3 is 1. The second-order valence-electron chi connectivity index (χ2n) is 5.31. The van der Waals surface area contributed by atoms with E-state index >= 15 is 0 Å². The average Bonchev–Trinajstić information content (AvgIpc) is 3.01. The molecule has 0 aliphatic heterocycles. The Kier molecular flexibility index (Phi) is 4.15. The molecule has 0 saturated carbocycles. The summed E-state index contributed by atoms with van der Waals surface area (Å²) in [5, 5.41) is 0.640. The third-order valence-electron chi connectivity index (χ3n) is 3.92.